The van der Waals surface area contributed by atoms with Gasteiger partial charge < -0.3 is 19.3 Å². The molecule has 37 heavy (non-hydrogen) atoms. The van der Waals surface area contributed by atoms with Crippen molar-refractivity contribution in [1.29, 1.82) is 5.26 Å². The van der Waals surface area contributed by atoms with Crippen LogP contribution in [0.2, 0.25) is 0 Å². The zero-order chi connectivity index (χ0) is 26.7. The number of nitrogens with zero attached hydrogens (tertiary/aromatic N) is 4. The Kier molecular flexibility index (Phi) is 7.82. The van der Waals surface area contributed by atoms with Gasteiger partial charge in [0.2, 0.25) is 10.0 Å². The van der Waals surface area contributed by atoms with Crippen molar-refractivity contribution in [1.82, 2.24) is 14.1 Å². The molecular formula is C26H30N4O6S. The zero-order valence-electron chi connectivity index (χ0n) is 21.1. The average Bonchev–Trinajstić information content (AvgIpc) is 3.15. The van der Waals surface area contributed by atoms with Gasteiger partial charge in [0.25, 0.3) is 5.91 Å². The first-order chi connectivity index (χ1) is 17.7. The highest BCUT2D eigenvalue weighted by atomic mass is 32.2. The third kappa shape index (κ3) is 5.18. The van der Waals surface area contributed by atoms with Gasteiger partial charge in [0.05, 0.1) is 25.9 Å². The molecule has 2 aliphatic heterocycles. The Morgan fingerprint density at radius 3 is 2.41 bits per heavy atom. The summed E-state index contributed by atoms with van der Waals surface area (Å²) in [6.45, 7) is 2.33. The van der Waals surface area contributed by atoms with Gasteiger partial charge in [-0.2, -0.15) is 9.57 Å². The Morgan fingerprint density at radius 2 is 1.76 bits per heavy atom. The fourth-order valence-electron chi connectivity index (χ4n) is 4.83. The van der Waals surface area contributed by atoms with Crippen LogP contribution >= 0.6 is 0 Å². The SMILES string of the molecule is COC(=O)C1c2cc(S(=O)(=O)N3CCCN(C)CC3)c(OC)cc2CCN1C(=O)c1ccc(C#N)cc1. The summed E-state index contributed by atoms with van der Waals surface area (Å²) < 4.78 is 39.5. The molecule has 196 valence electrons. The number of likely N-dealkylation sites (N-methyl/N-ethyl adjacent to an activating group) is 1. The van der Waals surface area contributed by atoms with Crippen molar-refractivity contribution in [2.75, 3.05) is 54.0 Å². The Labute approximate surface area is 217 Å². The number of carbonyl (C=O) groups excluding carboxylic acids is 2. The molecule has 4 rings (SSSR count). The quantitative estimate of drug-likeness (QED) is 0.541. The number of hydrogen-bond acceptors (Lipinski definition) is 8. The molecule has 1 atom stereocenters. The third-order valence-corrected chi connectivity index (χ3v) is 8.82. The molecule has 0 saturated carbocycles. The topological polar surface area (TPSA) is 120 Å². The number of methoxy groups -OCH3 is 2. The highest BCUT2D eigenvalue weighted by Gasteiger charge is 2.40. The second-order valence-electron chi connectivity index (χ2n) is 9.13. The number of sulfonamides is 1. The van der Waals surface area contributed by atoms with Gasteiger partial charge in [0.15, 0.2) is 6.04 Å². The monoisotopic (exact) mass is 526 g/mol. The maximum atomic E-state index is 13.8. The molecule has 2 aromatic rings. The highest BCUT2D eigenvalue weighted by molar-refractivity contribution is 7.89. The van der Waals surface area contributed by atoms with Crippen molar-refractivity contribution >= 4 is 21.9 Å². The Bertz CT molecular complexity index is 1340. The molecule has 1 fully saturated rings. The first kappa shape index (κ1) is 26.6. The fourth-order valence-corrected chi connectivity index (χ4v) is 6.47. The van der Waals surface area contributed by atoms with E-state index in [9.17, 15) is 18.0 Å². The van der Waals surface area contributed by atoms with Crippen LogP contribution in [0, 0.1) is 11.3 Å². The van der Waals surface area contributed by atoms with E-state index in [1.807, 2.05) is 13.1 Å². The van der Waals surface area contributed by atoms with E-state index in [-0.39, 0.29) is 17.2 Å². The molecule has 0 N–H and O–H groups in total. The van der Waals surface area contributed by atoms with Crippen LogP contribution in [0.4, 0.5) is 0 Å². The predicted molar refractivity (Wildman–Crippen MR) is 135 cm³/mol. The van der Waals surface area contributed by atoms with Gasteiger partial charge in [0.1, 0.15) is 10.6 Å². The number of carbonyl (C=O) groups is 2. The van der Waals surface area contributed by atoms with Crippen LogP contribution in [-0.4, -0.2) is 88.4 Å². The van der Waals surface area contributed by atoms with E-state index in [0.29, 0.717) is 54.7 Å². The molecule has 0 aromatic heterocycles. The first-order valence-electron chi connectivity index (χ1n) is 12.0. The molecule has 10 nitrogen and oxygen atoms in total. The number of nitriles is 1. The maximum Gasteiger partial charge on any atom is 0.333 e. The van der Waals surface area contributed by atoms with Crippen molar-refractivity contribution in [3.8, 4) is 11.8 Å². The lowest BCUT2D eigenvalue weighted by atomic mass is 9.91. The van der Waals surface area contributed by atoms with Crippen LogP contribution in [0.3, 0.4) is 0 Å². The second-order valence-corrected chi connectivity index (χ2v) is 11.0. The molecule has 0 bridgehead atoms. The van der Waals surface area contributed by atoms with E-state index < -0.39 is 27.9 Å². The van der Waals surface area contributed by atoms with Crippen molar-refractivity contribution < 1.29 is 27.5 Å². The van der Waals surface area contributed by atoms with E-state index in [1.54, 1.807) is 6.07 Å². The first-order valence-corrected chi connectivity index (χ1v) is 13.4. The van der Waals surface area contributed by atoms with Crippen LogP contribution in [0.15, 0.2) is 41.3 Å². The van der Waals surface area contributed by atoms with Crippen molar-refractivity contribution in [3.63, 3.8) is 0 Å². The summed E-state index contributed by atoms with van der Waals surface area (Å²) in [6.07, 6.45) is 1.09. The Morgan fingerprint density at radius 1 is 1.03 bits per heavy atom. The van der Waals surface area contributed by atoms with Crippen LogP contribution in [0.5, 0.6) is 5.75 Å². The van der Waals surface area contributed by atoms with Crippen LogP contribution in [0.1, 0.15) is 39.5 Å². The van der Waals surface area contributed by atoms with E-state index in [4.69, 9.17) is 14.7 Å². The molecule has 2 heterocycles. The second kappa shape index (κ2) is 10.9. The van der Waals surface area contributed by atoms with Crippen LogP contribution < -0.4 is 4.74 Å². The molecule has 0 spiro atoms. The molecule has 0 radical (unpaired) electrons. The lowest BCUT2D eigenvalue weighted by Crippen LogP contribution is -2.44. The Hall–Kier alpha value is -3.46. The third-order valence-electron chi connectivity index (χ3n) is 6.90. The van der Waals surface area contributed by atoms with Crippen LogP contribution in [-0.2, 0) is 26.0 Å². The van der Waals surface area contributed by atoms with Crippen molar-refractivity contribution in [3.05, 3.63) is 58.7 Å². The van der Waals surface area contributed by atoms with Gasteiger partial charge in [-0.25, -0.2) is 13.2 Å². The highest BCUT2D eigenvalue weighted by Crippen LogP contribution is 2.38. The summed E-state index contributed by atoms with van der Waals surface area (Å²) in [5.74, 6) is -0.888. The number of ether oxygens (including phenoxy) is 2. The van der Waals surface area contributed by atoms with Crippen molar-refractivity contribution in [2.45, 2.75) is 23.8 Å². The molecule has 2 aliphatic rings. The molecule has 1 saturated heterocycles. The standard InChI is InChI=1S/C26H30N4O6S/c1-28-10-4-11-29(14-13-28)37(33,34)23-16-21-20(15-22(23)35-2)9-12-30(24(21)26(32)36-3)25(31)19-7-5-18(17-27)6-8-19/h5-8,15-16,24H,4,9-14H2,1-3H3. The smallest absolute Gasteiger partial charge is 0.333 e. The number of fused-ring (bicyclic) bond motifs is 1. The zero-order valence-corrected chi connectivity index (χ0v) is 22.0. The van der Waals surface area contributed by atoms with E-state index >= 15 is 0 Å². The van der Waals surface area contributed by atoms with Gasteiger partial charge in [-0.3, -0.25) is 4.79 Å². The van der Waals surface area contributed by atoms with Gasteiger partial charge in [-0.05, 0) is 74.0 Å². The summed E-state index contributed by atoms with van der Waals surface area (Å²) in [7, 11) is 0.658. The number of amides is 1. The normalized spacial score (nSPS) is 18.9. The summed E-state index contributed by atoms with van der Waals surface area (Å²) in [6, 6.07) is 10.1. The van der Waals surface area contributed by atoms with E-state index in [0.717, 1.165) is 6.54 Å². The van der Waals surface area contributed by atoms with Gasteiger partial charge in [0, 0.05) is 31.7 Å². The molecule has 11 heteroatoms. The van der Waals surface area contributed by atoms with E-state index in [1.165, 1.54) is 53.8 Å². The number of hydrogen-bond donors (Lipinski definition) is 0. The number of rotatable bonds is 5. The largest absolute Gasteiger partial charge is 0.495 e. The van der Waals surface area contributed by atoms with E-state index in [2.05, 4.69) is 4.90 Å². The van der Waals surface area contributed by atoms with Gasteiger partial charge in [-0.1, -0.05) is 0 Å². The molecule has 2 aromatic carbocycles. The lowest BCUT2D eigenvalue weighted by Gasteiger charge is -2.36. The molecule has 1 amide bonds. The Balaban J connectivity index is 1.78. The maximum absolute atomic E-state index is 13.8. The predicted octanol–water partition coefficient (Wildman–Crippen LogP) is 1.81. The molecule has 1 unspecified atom stereocenters. The minimum absolute atomic E-state index is 0.0418. The van der Waals surface area contributed by atoms with Gasteiger partial charge in [-0.15, -0.1) is 0 Å². The van der Waals surface area contributed by atoms with Gasteiger partial charge >= 0.3 is 5.97 Å². The summed E-state index contributed by atoms with van der Waals surface area (Å²) in [4.78, 5) is 29.9. The summed E-state index contributed by atoms with van der Waals surface area (Å²) in [5, 5.41) is 9.06. The lowest BCUT2D eigenvalue weighted by molar-refractivity contribution is -0.146. The molecular weight excluding hydrogens is 496 g/mol. The average molecular weight is 527 g/mol. The summed E-state index contributed by atoms with van der Waals surface area (Å²) in [5.41, 5.74) is 1.83. The van der Waals surface area contributed by atoms with Crippen LogP contribution in [0.25, 0.3) is 0 Å². The minimum Gasteiger partial charge on any atom is -0.495 e. The number of benzene rings is 2. The number of esters is 1. The van der Waals surface area contributed by atoms with Crippen molar-refractivity contribution in [2.24, 2.45) is 0 Å². The summed E-state index contributed by atoms with van der Waals surface area (Å²) >= 11 is 0. The minimum atomic E-state index is -3.94. The fraction of sp³-hybridized carbons (Fsp3) is 0.423. The molecule has 0 aliphatic carbocycles.